The van der Waals surface area contributed by atoms with Gasteiger partial charge in [0.15, 0.2) is 0 Å². The van der Waals surface area contributed by atoms with Crippen molar-refractivity contribution in [2.75, 3.05) is 18.6 Å². The number of likely N-dealkylation sites (N-methyl/N-ethyl adjacent to an activating group) is 1. The summed E-state index contributed by atoms with van der Waals surface area (Å²) < 4.78 is 5.15. The second-order valence-corrected chi connectivity index (χ2v) is 5.43. The predicted molar refractivity (Wildman–Crippen MR) is 90.3 cm³/mol. The number of benzene rings is 2. The average Bonchev–Trinajstić information content (AvgIpc) is 2.79. The molecule has 0 N–H and O–H groups in total. The minimum atomic E-state index is 0.0237. The lowest BCUT2D eigenvalue weighted by Crippen LogP contribution is -2.25. The van der Waals surface area contributed by atoms with Crippen LogP contribution in [0.4, 0.5) is 5.69 Å². The minimum Gasteiger partial charge on any atom is -0.495 e. The highest BCUT2D eigenvalue weighted by Crippen LogP contribution is 2.37. The minimum absolute atomic E-state index is 0.0237. The maximum Gasteiger partial charge on any atom is 0.258 e. The summed E-state index contributed by atoms with van der Waals surface area (Å²) in [5, 5.41) is 0.530. The first kappa shape index (κ1) is 14.7. The standard InChI is InChI=1S/C18H16ClNO2/c1-3-20-16-7-5-4-6-13(16)14(18(20)21)10-12-8-9-17(22-2)15(19)11-12/h4-11H,3H2,1-2H3/b14-10-. The third kappa shape index (κ3) is 2.38. The van der Waals surface area contributed by atoms with E-state index in [1.165, 1.54) is 0 Å². The van der Waals surface area contributed by atoms with Crippen LogP contribution in [0.1, 0.15) is 18.1 Å². The molecule has 0 bridgehead atoms. The monoisotopic (exact) mass is 313 g/mol. The molecule has 3 rings (SSSR count). The number of para-hydroxylation sites is 1. The number of nitrogens with zero attached hydrogens (tertiary/aromatic N) is 1. The molecular formula is C18H16ClNO2. The van der Waals surface area contributed by atoms with Crippen molar-refractivity contribution in [3.63, 3.8) is 0 Å². The molecule has 2 aromatic carbocycles. The Labute approximate surface area is 134 Å². The van der Waals surface area contributed by atoms with Gasteiger partial charge in [0.25, 0.3) is 5.91 Å². The highest BCUT2D eigenvalue weighted by molar-refractivity contribution is 6.36. The Hall–Kier alpha value is -2.26. The maximum atomic E-state index is 12.6. The van der Waals surface area contributed by atoms with Gasteiger partial charge in [0.2, 0.25) is 0 Å². The largest absolute Gasteiger partial charge is 0.495 e. The SMILES string of the molecule is CCN1C(=O)/C(=C\c2ccc(OC)c(Cl)c2)c2ccccc21. The normalized spacial score (nSPS) is 15.3. The van der Waals surface area contributed by atoms with Gasteiger partial charge in [-0.1, -0.05) is 35.9 Å². The molecule has 112 valence electrons. The van der Waals surface area contributed by atoms with Crippen LogP contribution in [0.5, 0.6) is 5.75 Å². The number of rotatable bonds is 3. The first-order valence-electron chi connectivity index (χ1n) is 7.12. The molecule has 1 amide bonds. The van der Waals surface area contributed by atoms with Gasteiger partial charge in [0.1, 0.15) is 5.75 Å². The van der Waals surface area contributed by atoms with Crippen molar-refractivity contribution >= 4 is 34.8 Å². The molecule has 0 radical (unpaired) electrons. The lowest BCUT2D eigenvalue weighted by atomic mass is 10.0. The Bertz CT molecular complexity index is 767. The fourth-order valence-corrected chi connectivity index (χ4v) is 2.97. The number of hydrogen-bond donors (Lipinski definition) is 0. The summed E-state index contributed by atoms with van der Waals surface area (Å²) in [6.45, 7) is 2.62. The molecule has 0 fully saturated rings. The van der Waals surface area contributed by atoms with Crippen LogP contribution >= 0.6 is 11.6 Å². The van der Waals surface area contributed by atoms with Gasteiger partial charge in [-0.25, -0.2) is 0 Å². The number of ether oxygens (including phenoxy) is 1. The van der Waals surface area contributed by atoms with E-state index in [9.17, 15) is 4.79 Å². The van der Waals surface area contributed by atoms with Gasteiger partial charge < -0.3 is 9.64 Å². The van der Waals surface area contributed by atoms with Gasteiger partial charge in [-0.15, -0.1) is 0 Å². The van der Waals surface area contributed by atoms with Crippen molar-refractivity contribution < 1.29 is 9.53 Å². The fraction of sp³-hybridized carbons (Fsp3) is 0.167. The lowest BCUT2D eigenvalue weighted by molar-refractivity contribution is -0.112. The third-order valence-corrected chi connectivity index (χ3v) is 4.06. The average molecular weight is 314 g/mol. The third-order valence-electron chi connectivity index (χ3n) is 3.76. The van der Waals surface area contributed by atoms with Crippen LogP contribution in [0.3, 0.4) is 0 Å². The van der Waals surface area contributed by atoms with Crippen molar-refractivity contribution in [1.82, 2.24) is 0 Å². The summed E-state index contributed by atoms with van der Waals surface area (Å²) in [5.41, 5.74) is 3.49. The van der Waals surface area contributed by atoms with Gasteiger partial charge >= 0.3 is 0 Å². The molecule has 22 heavy (non-hydrogen) atoms. The number of fused-ring (bicyclic) bond motifs is 1. The number of hydrogen-bond acceptors (Lipinski definition) is 2. The van der Waals surface area contributed by atoms with Crippen LogP contribution in [0.15, 0.2) is 42.5 Å². The van der Waals surface area contributed by atoms with Gasteiger partial charge in [0, 0.05) is 17.7 Å². The Morgan fingerprint density at radius 3 is 2.68 bits per heavy atom. The molecular weight excluding hydrogens is 298 g/mol. The number of halogens is 1. The number of amides is 1. The van der Waals surface area contributed by atoms with E-state index in [1.54, 1.807) is 24.1 Å². The molecule has 0 atom stereocenters. The van der Waals surface area contributed by atoms with Crippen molar-refractivity contribution in [3.8, 4) is 5.75 Å². The van der Waals surface area contributed by atoms with Crippen molar-refractivity contribution in [3.05, 3.63) is 58.6 Å². The zero-order chi connectivity index (χ0) is 15.7. The van der Waals surface area contributed by atoms with Gasteiger partial charge in [-0.2, -0.15) is 0 Å². The summed E-state index contributed by atoms with van der Waals surface area (Å²) >= 11 is 6.16. The second-order valence-electron chi connectivity index (χ2n) is 5.02. The summed E-state index contributed by atoms with van der Waals surface area (Å²) in [6.07, 6.45) is 1.88. The molecule has 3 nitrogen and oxygen atoms in total. The van der Waals surface area contributed by atoms with Gasteiger partial charge in [0.05, 0.1) is 17.8 Å². The van der Waals surface area contributed by atoms with Crippen LogP contribution in [0.2, 0.25) is 5.02 Å². The molecule has 1 aliphatic rings. The Kier molecular flexibility index (Phi) is 3.90. The summed E-state index contributed by atoms with van der Waals surface area (Å²) in [7, 11) is 1.58. The first-order chi connectivity index (χ1) is 10.7. The topological polar surface area (TPSA) is 29.5 Å². The van der Waals surface area contributed by atoms with Crippen LogP contribution in [0.25, 0.3) is 11.6 Å². The molecule has 4 heteroatoms. The smallest absolute Gasteiger partial charge is 0.258 e. The van der Waals surface area contributed by atoms with E-state index in [0.717, 1.165) is 16.8 Å². The van der Waals surface area contributed by atoms with Crippen LogP contribution in [-0.4, -0.2) is 19.6 Å². The van der Waals surface area contributed by atoms with Gasteiger partial charge in [-0.05, 0) is 36.8 Å². The molecule has 0 aliphatic carbocycles. The van der Waals surface area contributed by atoms with Crippen molar-refractivity contribution in [2.45, 2.75) is 6.92 Å². The molecule has 0 saturated heterocycles. The van der Waals surface area contributed by atoms with Crippen molar-refractivity contribution in [2.24, 2.45) is 0 Å². The molecule has 1 aliphatic heterocycles. The molecule has 0 unspecified atom stereocenters. The Balaban J connectivity index is 2.08. The summed E-state index contributed by atoms with van der Waals surface area (Å²) in [4.78, 5) is 14.4. The Morgan fingerprint density at radius 2 is 2.00 bits per heavy atom. The van der Waals surface area contributed by atoms with E-state index in [1.807, 2.05) is 43.3 Å². The highest BCUT2D eigenvalue weighted by Gasteiger charge is 2.30. The predicted octanol–water partition coefficient (Wildman–Crippen LogP) is 4.26. The van der Waals surface area contributed by atoms with Crippen LogP contribution < -0.4 is 9.64 Å². The zero-order valence-electron chi connectivity index (χ0n) is 12.5. The van der Waals surface area contributed by atoms with E-state index in [0.29, 0.717) is 22.9 Å². The zero-order valence-corrected chi connectivity index (χ0v) is 13.2. The molecule has 2 aromatic rings. The first-order valence-corrected chi connectivity index (χ1v) is 7.50. The number of carbonyl (C=O) groups is 1. The molecule has 1 heterocycles. The van der Waals surface area contributed by atoms with Gasteiger partial charge in [-0.3, -0.25) is 4.79 Å². The molecule has 0 saturated carbocycles. The van der Waals surface area contributed by atoms with Crippen LogP contribution in [-0.2, 0) is 4.79 Å². The number of methoxy groups -OCH3 is 1. The number of carbonyl (C=O) groups excluding carboxylic acids is 1. The van der Waals surface area contributed by atoms with E-state index in [4.69, 9.17) is 16.3 Å². The van der Waals surface area contributed by atoms with E-state index >= 15 is 0 Å². The molecule has 0 aromatic heterocycles. The molecule has 0 spiro atoms. The summed E-state index contributed by atoms with van der Waals surface area (Å²) in [6, 6.07) is 13.3. The van der Waals surface area contributed by atoms with E-state index in [2.05, 4.69) is 0 Å². The highest BCUT2D eigenvalue weighted by atomic mass is 35.5. The fourth-order valence-electron chi connectivity index (χ4n) is 2.70. The Morgan fingerprint density at radius 1 is 1.23 bits per heavy atom. The van der Waals surface area contributed by atoms with E-state index in [-0.39, 0.29) is 5.91 Å². The van der Waals surface area contributed by atoms with Crippen LogP contribution in [0, 0.1) is 0 Å². The number of anilines is 1. The second kappa shape index (κ2) is 5.85. The quantitative estimate of drug-likeness (QED) is 0.793. The lowest BCUT2D eigenvalue weighted by Gasteiger charge is -2.13. The van der Waals surface area contributed by atoms with E-state index < -0.39 is 0 Å². The van der Waals surface area contributed by atoms with Crippen molar-refractivity contribution in [1.29, 1.82) is 0 Å². The maximum absolute atomic E-state index is 12.6. The summed E-state index contributed by atoms with van der Waals surface area (Å²) in [5.74, 6) is 0.646.